The minimum atomic E-state index is -0.242. The van der Waals surface area contributed by atoms with Gasteiger partial charge in [-0.15, -0.1) is 0 Å². The molecular formula is C17H18N2O2. The summed E-state index contributed by atoms with van der Waals surface area (Å²) in [7, 11) is 0. The SMILES string of the molecule is Cc1ccc2nc3c(cc2c1)CN(C1CCCC1)C(=O)O3. The molecule has 1 aliphatic heterocycles. The van der Waals surface area contributed by atoms with Crippen molar-refractivity contribution in [1.82, 2.24) is 9.88 Å². The zero-order chi connectivity index (χ0) is 14.4. The number of hydrogen-bond donors (Lipinski definition) is 0. The lowest BCUT2D eigenvalue weighted by molar-refractivity contribution is 0.114. The van der Waals surface area contributed by atoms with E-state index in [0.717, 1.165) is 29.3 Å². The summed E-state index contributed by atoms with van der Waals surface area (Å²) in [5.74, 6) is 0.477. The van der Waals surface area contributed by atoms with E-state index in [9.17, 15) is 4.79 Å². The van der Waals surface area contributed by atoms with Crippen molar-refractivity contribution in [3.8, 4) is 5.88 Å². The number of carbonyl (C=O) groups excluding carboxylic acids is 1. The summed E-state index contributed by atoms with van der Waals surface area (Å²) < 4.78 is 5.47. The first-order valence-corrected chi connectivity index (χ1v) is 7.59. The third kappa shape index (κ3) is 2.15. The first-order valence-electron chi connectivity index (χ1n) is 7.59. The molecule has 2 heterocycles. The van der Waals surface area contributed by atoms with Crippen LogP contribution in [0.5, 0.6) is 5.88 Å². The van der Waals surface area contributed by atoms with E-state index in [0.29, 0.717) is 18.5 Å². The van der Waals surface area contributed by atoms with Gasteiger partial charge in [0, 0.05) is 17.0 Å². The smallest absolute Gasteiger partial charge is 0.391 e. The van der Waals surface area contributed by atoms with Gasteiger partial charge in [0.15, 0.2) is 0 Å². The van der Waals surface area contributed by atoms with Gasteiger partial charge in [0.05, 0.1) is 12.1 Å². The molecule has 4 rings (SSSR count). The van der Waals surface area contributed by atoms with Gasteiger partial charge in [-0.2, -0.15) is 0 Å². The number of amides is 1. The first kappa shape index (κ1) is 12.6. The van der Waals surface area contributed by atoms with E-state index >= 15 is 0 Å². The molecule has 2 aromatic rings. The highest BCUT2D eigenvalue weighted by molar-refractivity contribution is 5.83. The molecule has 2 aliphatic rings. The van der Waals surface area contributed by atoms with Crippen molar-refractivity contribution in [2.24, 2.45) is 0 Å². The Kier molecular flexibility index (Phi) is 2.84. The van der Waals surface area contributed by atoms with Crippen molar-refractivity contribution in [3.63, 3.8) is 0 Å². The number of carbonyl (C=O) groups is 1. The Balaban J connectivity index is 1.74. The molecule has 4 nitrogen and oxygen atoms in total. The van der Waals surface area contributed by atoms with Crippen LogP contribution in [0, 0.1) is 6.92 Å². The normalized spacial score (nSPS) is 18.9. The van der Waals surface area contributed by atoms with E-state index in [4.69, 9.17) is 4.74 Å². The maximum absolute atomic E-state index is 12.2. The molecule has 1 fully saturated rings. The fourth-order valence-corrected chi connectivity index (χ4v) is 3.41. The summed E-state index contributed by atoms with van der Waals surface area (Å²) in [6, 6.07) is 8.57. The third-order valence-electron chi connectivity index (χ3n) is 4.53. The molecule has 21 heavy (non-hydrogen) atoms. The second kappa shape index (κ2) is 4.72. The zero-order valence-corrected chi connectivity index (χ0v) is 12.1. The molecule has 0 spiro atoms. The Morgan fingerprint density at radius 2 is 2.05 bits per heavy atom. The maximum Gasteiger partial charge on any atom is 0.417 e. The third-order valence-corrected chi connectivity index (χ3v) is 4.53. The van der Waals surface area contributed by atoms with Crippen LogP contribution in [0.2, 0.25) is 0 Å². The standard InChI is InChI=1S/C17H18N2O2/c1-11-6-7-15-12(8-11)9-13-10-19(14-4-2-3-5-14)17(20)21-16(13)18-15/h6-9,14H,2-5,10H2,1H3. The van der Waals surface area contributed by atoms with Gasteiger partial charge in [0.2, 0.25) is 5.88 Å². The van der Waals surface area contributed by atoms with Gasteiger partial charge in [0.1, 0.15) is 0 Å². The van der Waals surface area contributed by atoms with E-state index in [2.05, 4.69) is 24.0 Å². The minimum absolute atomic E-state index is 0.242. The molecule has 108 valence electrons. The van der Waals surface area contributed by atoms with Crippen molar-refractivity contribution in [1.29, 1.82) is 0 Å². The Hall–Kier alpha value is -2.10. The summed E-state index contributed by atoms with van der Waals surface area (Å²) in [6.07, 6.45) is 4.34. The maximum atomic E-state index is 12.2. The average molecular weight is 282 g/mol. The predicted molar refractivity (Wildman–Crippen MR) is 80.3 cm³/mol. The minimum Gasteiger partial charge on any atom is -0.391 e. The highest BCUT2D eigenvalue weighted by Gasteiger charge is 2.33. The van der Waals surface area contributed by atoms with Crippen molar-refractivity contribution < 1.29 is 9.53 Å². The van der Waals surface area contributed by atoms with Gasteiger partial charge in [-0.1, -0.05) is 24.5 Å². The van der Waals surface area contributed by atoms with Gasteiger partial charge in [0.25, 0.3) is 0 Å². The van der Waals surface area contributed by atoms with Gasteiger partial charge in [-0.05, 0) is 38.0 Å². The van der Waals surface area contributed by atoms with Crippen molar-refractivity contribution >= 4 is 17.0 Å². The molecule has 0 unspecified atom stereocenters. The largest absolute Gasteiger partial charge is 0.417 e. The lowest BCUT2D eigenvalue weighted by Crippen LogP contribution is -2.43. The van der Waals surface area contributed by atoms with E-state index in [1.807, 2.05) is 17.0 Å². The average Bonchev–Trinajstić information content (AvgIpc) is 2.98. The number of benzene rings is 1. The number of pyridine rings is 1. The number of rotatable bonds is 1. The molecule has 1 saturated carbocycles. The number of nitrogens with zero attached hydrogens (tertiary/aromatic N) is 2. The summed E-state index contributed by atoms with van der Waals surface area (Å²) in [4.78, 5) is 18.6. The van der Waals surface area contributed by atoms with Crippen LogP contribution in [0.1, 0.15) is 36.8 Å². The van der Waals surface area contributed by atoms with Crippen molar-refractivity contribution in [2.45, 2.75) is 45.2 Å². The van der Waals surface area contributed by atoms with Gasteiger partial charge in [-0.25, -0.2) is 9.78 Å². The number of aryl methyl sites for hydroxylation is 1. The number of aromatic nitrogens is 1. The van der Waals surface area contributed by atoms with Crippen LogP contribution in [-0.2, 0) is 6.54 Å². The molecule has 0 N–H and O–H groups in total. The van der Waals surface area contributed by atoms with E-state index < -0.39 is 0 Å². The fraction of sp³-hybridized carbons (Fsp3) is 0.412. The lowest BCUT2D eigenvalue weighted by Gasteiger charge is -2.32. The highest BCUT2D eigenvalue weighted by Crippen LogP contribution is 2.32. The summed E-state index contributed by atoms with van der Waals surface area (Å²) in [5.41, 5.74) is 3.10. The molecule has 1 aromatic carbocycles. The Labute approximate surface area is 123 Å². The fourth-order valence-electron chi connectivity index (χ4n) is 3.41. The zero-order valence-electron chi connectivity index (χ0n) is 12.1. The molecule has 1 aromatic heterocycles. The van der Waals surface area contributed by atoms with E-state index in [-0.39, 0.29) is 6.09 Å². The molecule has 4 heteroatoms. The van der Waals surface area contributed by atoms with Gasteiger partial charge in [-0.3, -0.25) is 0 Å². The van der Waals surface area contributed by atoms with Gasteiger partial charge >= 0.3 is 6.09 Å². The highest BCUT2D eigenvalue weighted by atomic mass is 16.6. The van der Waals surface area contributed by atoms with Crippen LogP contribution in [0.25, 0.3) is 10.9 Å². The molecule has 0 atom stereocenters. The second-order valence-corrected chi connectivity index (χ2v) is 6.08. The number of fused-ring (bicyclic) bond motifs is 2. The van der Waals surface area contributed by atoms with Crippen LogP contribution < -0.4 is 4.74 Å². The van der Waals surface area contributed by atoms with Gasteiger partial charge < -0.3 is 9.64 Å². The van der Waals surface area contributed by atoms with Crippen molar-refractivity contribution in [2.75, 3.05) is 0 Å². The Bertz CT molecular complexity index is 720. The molecule has 1 amide bonds. The van der Waals surface area contributed by atoms with Crippen LogP contribution in [-0.4, -0.2) is 22.0 Å². The number of hydrogen-bond acceptors (Lipinski definition) is 3. The molecular weight excluding hydrogens is 264 g/mol. The first-order chi connectivity index (χ1) is 10.2. The quantitative estimate of drug-likeness (QED) is 0.799. The molecule has 0 bridgehead atoms. The monoisotopic (exact) mass is 282 g/mol. The van der Waals surface area contributed by atoms with Crippen LogP contribution >= 0.6 is 0 Å². The lowest BCUT2D eigenvalue weighted by atomic mass is 10.1. The molecule has 0 saturated heterocycles. The van der Waals surface area contributed by atoms with Crippen LogP contribution in [0.15, 0.2) is 24.3 Å². The number of ether oxygens (including phenoxy) is 1. The van der Waals surface area contributed by atoms with Crippen molar-refractivity contribution in [3.05, 3.63) is 35.4 Å². The van der Waals surface area contributed by atoms with E-state index in [1.54, 1.807) is 0 Å². The summed E-state index contributed by atoms with van der Waals surface area (Å²) in [6.45, 7) is 2.69. The second-order valence-electron chi connectivity index (χ2n) is 6.08. The molecule has 1 aliphatic carbocycles. The molecule has 0 radical (unpaired) electrons. The summed E-state index contributed by atoms with van der Waals surface area (Å²) >= 11 is 0. The summed E-state index contributed by atoms with van der Waals surface area (Å²) in [5, 5.41) is 1.11. The Morgan fingerprint density at radius 1 is 1.24 bits per heavy atom. The van der Waals surface area contributed by atoms with E-state index in [1.165, 1.54) is 18.4 Å². The van der Waals surface area contributed by atoms with Crippen LogP contribution in [0.4, 0.5) is 4.79 Å². The Morgan fingerprint density at radius 3 is 2.86 bits per heavy atom. The topological polar surface area (TPSA) is 42.4 Å². The predicted octanol–water partition coefficient (Wildman–Crippen LogP) is 3.80. The van der Waals surface area contributed by atoms with Crippen LogP contribution in [0.3, 0.4) is 0 Å².